The van der Waals surface area contributed by atoms with Gasteiger partial charge in [0.1, 0.15) is 17.2 Å². The van der Waals surface area contributed by atoms with Gasteiger partial charge < -0.3 is 14.6 Å². The topological polar surface area (TPSA) is 49.6 Å². The van der Waals surface area contributed by atoms with Gasteiger partial charge >= 0.3 is 0 Å². The van der Waals surface area contributed by atoms with Crippen LogP contribution in [-0.2, 0) is 0 Å². The van der Waals surface area contributed by atoms with E-state index in [0.29, 0.717) is 17.9 Å². The highest BCUT2D eigenvalue weighted by Crippen LogP contribution is 2.06. The minimum Gasteiger partial charge on any atom is -0.349 e. The highest BCUT2D eigenvalue weighted by atomic mass is 19.1. The molecule has 0 unspecified atom stereocenters. The number of halogens is 1. The summed E-state index contributed by atoms with van der Waals surface area (Å²) < 4.78 is 14.6. The van der Waals surface area contributed by atoms with Crippen LogP contribution in [0.4, 0.5) is 4.39 Å². The molecule has 0 aliphatic heterocycles. The third-order valence-electron chi connectivity index (χ3n) is 3.26. The van der Waals surface area contributed by atoms with Gasteiger partial charge in [-0.2, -0.15) is 0 Å². The van der Waals surface area contributed by atoms with Gasteiger partial charge in [0.15, 0.2) is 0 Å². The average Bonchev–Trinajstić information content (AvgIpc) is 2.86. The van der Waals surface area contributed by atoms with E-state index in [1.807, 2.05) is 0 Å². The van der Waals surface area contributed by atoms with E-state index in [1.54, 1.807) is 6.07 Å². The molecule has 0 spiro atoms. The zero-order valence-electron chi connectivity index (χ0n) is 11.8. The first-order valence-electron chi connectivity index (χ1n) is 6.78. The number of aromatic nitrogens is 2. The van der Waals surface area contributed by atoms with E-state index in [9.17, 15) is 9.18 Å². The SMILES string of the molecule is CCN(CC)CCNC(=O)c1cn2cc(F)ccc2n1. The molecule has 0 radical (unpaired) electrons. The van der Waals surface area contributed by atoms with Gasteiger partial charge in [0.05, 0.1) is 0 Å². The molecule has 2 heterocycles. The average molecular weight is 278 g/mol. The lowest BCUT2D eigenvalue weighted by atomic mass is 10.4. The number of likely N-dealkylation sites (N-methyl/N-ethyl adjacent to an activating group) is 1. The molecule has 6 heteroatoms. The zero-order chi connectivity index (χ0) is 14.5. The fraction of sp³-hybridized carbons (Fsp3) is 0.429. The molecule has 108 valence electrons. The number of carbonyl (C=O) groups excluding carboxylic acids is 1. The number of nitrogens with zero attached hydrogens (tertiary/aromatic N) is 3. The Labute approximate surface area is 117 Å². The summed E-state index contributed by atoms with van der Waals surface area (Å²) in [5.74, 6) is -0.593. The van der Waals surface area contributed by atoms with Crippen molar-refractivity contribution < 1.29 is 9.18 Å². The van der Waals surface area contributed by atoms with Crippen molar-refractivity contribution in [3.63, 3.8) is 0 Å². The maximum atomic E-state index is 13.1. The van der Waals surface area contributed by atoms with Gasteiger partial charge in [-0.1, -0.05) is 13.8 Å². The Morgan fingerprint density at radius 3 is 2.80 bits per heavy atom. The predicted octanol–water partition coefficient (Wildman–Crippen LogP) is 1.54. The summed E-state index contributed by atoms with van der Waals surface area (Å²) in [5.41, 5.74) is 0.857. The molecular weight excluding hydrogens is 259 g/mol. The summed E-state index contributed by atoms with van der Waals surface area (Å²) >= 11 is 0. The standard InChI is InChI=1S/C14H19FN4O/c1-3-18(4-2)8-7-16-14(20)12-10-19-9-11(15)5-6-13(19)17-12/h5-6,9-10H,3-4,7-8H2,1-2H3,(H,16,20). The van der Waals surface area contributed by atoms with Crippen LogP contribution < -0.4 is 5.32 Å². The minimum absolute atomic E-state index is 0.235. The molecule has 1 amide bonds. The predicted molar refractivity (Wildman–Crippen MR) is 75.3 cm³/mol. The third-order valence-corrected chi connectivity index (χ3v) is 3.26. The second-order valence-electron chi connectivity index (χ2n) is 4.52. The molecule has 0 saturated carbocycles. The Morgan fingerprint density at radius 1 is 1.35 bits per heavy atom. The number of rotatable bonds is 6. The van der Waals surface area contributed by atoms with Crippen molar-refractivity contribution in [2.75, 3.05) is 26.2 Å². The number of hydrogen-bond donors (Lipinski definition) is 1. The van der Waals surface area contributed by atoms with E-state index in [1.165, 1.54) is 22.9 Å². The van der Waals surface area contributed by atoms with Crippen molar-refractivity contribution in [1.82, 2.24) is 19.6 Å². The number of imidazole rings is 1. The molecule has 0 bridgehead atoms. The Balaban J connectivity index is 1.97. The largest absolute Gasteiger partial charge is 0.349 e. The van der Waals surface area contributed by atoms with E-state index in [2.05, 4.69) is 29.0 Å². The normalized spacial score (nSPS) is 11.2. The highest BCUT2D eigenvalue weighted by Gasteiger charge is 2.10. The van der Waals surface area contributed by atoms with Crippen molar-refractivity contribution in [3.05, 3.63) is 36.0 Å². The quantitative estimate of drug-likeness (QED) is 0.872. The van der Waals surface area contributed by atoms with Crippen molar-refractivity contribution >= 4 is 11.6 Å². The summed E-state index contributed by atoms with van der Waals surface area (Å²) in [4.78, 5) is 18.3. The molecule has 5 nitrogen and oxygen atoms in total. The maximum absolute atomic E-state index is 13.1. The van der Waals surface area contributed by atoms with Crippen molar-refractivity contribution in [1.29, 1.82) is 0 Å². The van der Waals surface area contributed by atoms with Gasteiger partial charge in [-0.3, -0.25) is 4.79 Å². The second-order valence-corrected chi connectivity index (χ2v) is 4.52. The first kappa shape index (κ1) is 14.5. The lowest BCUT2D eigenvalue weighted by molar-refractivity contribution is 0.0944. The van der Waals surface area contributed by atoms with E-state index >= 15 is 0 Å². The van der Waals surface area contributed by atoms with Gasteiger partial charge in [-0.05, 0) is 25.2 Å². The molecule has 0 aliphatic rings. The summed E-state index contributed by atoms with van der Waals surface area (Å²) in [6, 6.07) is 2.87. The number of pyridine rings is 1. The van der Waals surface area contributed by atoms with Crippen molar-refractivity contribution in [2.24, 2.45) is 0 Å². The smallest absolute Gasteiger partial charge is 0.271 e. The van der Waals surface area contributed by atoms with Crippen LogP contribution in [0.25, 0.3) is 5.65 Å². The molecule has 0 atom stereocenters. The third kappa shape index (κ3) is 3.33. The molecule has 20 heavy (non-hydrogen) atoms. The molecular formula is C14H19FN4O. The van der Waals surface area contributed by atoms with Crippen LogP contribution in [0.2, 0.25) is 0 Å². The van der Waals surface area contributed by atoms with Crippen LogP contribution in [0.1, 0.15) is 24.3 Å². The summed E-state index contributed by atoms with van der Waals surface area (Å²) in [6.45, 7) is 7.47. The molecule has 0 aromatic carbocycles. The van der Waals surface area contributed by atoms with Gasteiger partial charge in [-0.25, -0.2) is 9.37 Å². The fourth-order valence-electron chi connectivity index (χ4n) is 2.03. The van der Waals surface area contributed by atoms with Gasteiger partial charge in [0, 0.05) is 25.5 Å². The van der Waals surface area contributed by atoms with Crippen LogP contribution in [0, 0.1) is 5.82 Å². The molecule has 0 saturated heterocycles. The Hall–Kier alpha value is -1.95. The van der Waals surface area contributed by atoms with Crippen LogP contribution in [0.15, 0.2) is 24.5 Å². The first-order chi connectivity index (χ1) is 9.63. The molecule has 2 aromatic heterocycles. The van der Waals surface area contributed by atoms with Gasteiger partial charge in [0.25, 0.3) is 5.91 Å². The van der Waals surface area contributed by atoms with Crippen molar-refractivity contribution in [2.45, 2.75) is 13.8 Å². The van der Waals surface area contributed by atoms with Gasteiger partial charge in [0.2, 0.25) is 0 Å². The van der Waals surface area contributed by atoms with E-state index in [0.717, 1.165) is 19.6 Å². The van der Waals surface area contributed by atoms with Crippen LogP contribution in [0.3, 0.4) is 0 Å². The highest BCUT2D eigenvalue weighted by molar-refractivity contribution is 5.92. The molecule has 2 aromatic rings. The van der Waals surface area contributed by atoms with E-state index in [-0.39, 0.29) is 11.7 Å². The van der Waals surface area contributed by atoms with Crippen LogP contribution >= 0.6 is 0 Å². The molecule has 1 N–H and O–H groups in total. The number of carbonyl (C=O) groups is 1. The van der Waals surface area contributed by atoms with Crippen LogP contribution in [0.5, 0.6) is 0 Å². The fourth-order valence-corrected chi connectivity index (χ4v) is 2.03. The molecule has 0 aliphatic carbocycles. The monoisotopic (exact) mass is 278 g/mol. The Bertz CT molecular complexity index is 592. The molecule has 2 rings (SSSR count). The number of amides is 1. The number of hydrogen-bond acceptors (Lipinski definition) is 3. The first-order valence-corrected chi connectivity index (χ1v) is 6.78. The maximum Gasteiger partial charge on any atom is 0.271 e. The number of fused-ring (bicyclic) bond motifs is 1. The Morgan fingerprint density at radius 2 is 2.10 bits per heavy atom. The van der Waals surface area contributed by atoms with Crippen molar-refractivity contribution in [3.8, 4) is 0 Å². The summed E-state index contributed by atoms with van der Waals surface area (Å²) in [5, 5.41) is 2.82. The number of nitrogens with one attached hydrogen (secondary N) is 1. The van der Waals surface area contributed by atoms with Crippen LogP contribution in [-0.4, -0.2) is 46.4 Å². The zero-order valence-corrected chi connectivity index (χ0v) is 11.8. The Kier molecular flexibility index (Phi) is 4.68. The van der Waals surface area contributed by atoms with E-state index < -0.39 is 0 Å². The summed E-state index contributed by atoms with van der Waals surface area (Å²) in [7, 11) is 0. The lowest BCUT2D eigenvalue weighted by Crippen LogP contribution is -2.34. The second kappa shape index (κ2) is 6.47. The summed E-state index contributed by atoms with van der Waals surface area (Å²) in [6.07, 6.45) is 2.83. The van der Waals surface area contributed by atoms with Gasteiger partial charge in [-0.15, -0.1) is 0 Å². The molecule has 0 fully saturated rings. The van der Waals surface area contributed by atoms with E-state index in [4.69, 9.17) is 0 Å². The minimum atomic E-state index is -0.358. The lowest BCUT2D eigenvalue weighted by Gasteiger charge is -2.17.